The number of nitrogens with one attached hydrogen (secondary N) is 2. The Hall–Kier alpha value is 0.0300. The van der Waals surface area contributed by atoms with Crippen molar-refractivity contribution in [1.82, 2.24) is 10.6 Å². The molecule has 130 valence electrons. The van der Waals surface area contributed by atoms with Gasteiger partial charge in [-0.1, -0.05) is 27.2 Å². The molecule has 2 rings (SSSR count). The first-order valence-electron chi connectivity index (χ1n) is 8.26. The molecule has 2 aliphatic rings. The highest BCUT2D eigenvalue weighted by Gasteiger charge is 2.49. The molecule has 1 amide bonds. The van der Waals surface area contributed by atoms with Gasteiger partial charge in [0.1, 0.15) is 0 Å². The van der Waals surface area contributed by atoms with Crippen LogP contribution in [-0.4, -0.2) is 48.8 Å². The third kappa shape index (κ3) is 5.29. The van der Waals surface area contributed by atoms with Gasteiger partial charge in [-0.2, -0.15) is 11.8 Å². The van der Waals surface area contributed by atoms with Crippen LogP contribution >= 0.6 is 24.2 Å². The smallest absolute Gasteiger partial charge is 0.221 e. The van der Waals surface area contributed by atoms with E-state index in [1.165, 1.54) is 6.42 Å². The summed E-state index contributed by atoms with van der Waals surface area (Å²) in [5, 5.41) is 6.62. The number of hydrogen-bond donors (Lipinski definition) is 2. The summed E-state index contributed by atoms with van der Waals surface area (Å²) in [5.74, 6) is 2.38. The molecule has 0 aromatic heterocycles. The van der Waals surface area contributed by atoms with E-state index in [-0.39, 0.29) is 35.9 Å². The Kier molecular flexibility index (Phi) is 8.54. The number of rotatable bonds is 7. The minimum absolute atomic E-state index is 0. The van der Waals surface area contributed by atoms with Crippen LogP contribution in [0.25, 0.3) is 0 Å². The molecule has 0 aromatic rings. The quantitative estimate of drug-likeness (QED) is 0.693. The van der Waals surface area contributed by atoms with Crippen LogP contribution in [0.4, 0.5) is 0 Å². The van der Waals surface area contributed by atoms with Gasteiger partial charge in [-0.05, 0) is 12.8 Å². The zero-order valence-corrected chi connectivity index (χ0v) is 15.7. The predicted molar refractivity (Wildman–Crippen MR) is 96.0 cm³/mol. The molecule has 0 aromatic carbocycles. The first-order valence-corrected chi connectivity index (χ1v) is 9.41. The van der Waals surface area contributed by atoms with Crippen LogP contribution in [0, 0.1) is 5.41 Å². The van der Waals surface area contributed by atoms with Crippen molar-refractivity contribution in [1.29, 1.82) is 0 Å². The van der Waals surface area contributed by atoms with Crippen LogP contribution in [0.3, 0.4) is 0 Å². The Bertz CT molecular complexity index is 349. The van der Waals surface area contributed by atoms with Gasteiger partial charge in [-0.15, -0.1) is 12.4 Å². The third-order valence-corrected chi connectivity index (χ3v) is 5.89. The van der Waals surface area contributed by atoms with E-state index < -0.39 is 0 Å². The topological polar surface area (TPSA) is 50.4 Å². The molecule has 3 unspecified atom stereocenters. The van der Waals surface area contributed by atoms with Crippen LogP contribution in [0.2, 0.25) is 0 Å². The Balaban J connectivity index is 0.00000242. The second kappa shape index (κ2) is 9.36. The average Bonchev–Trinajstić information content (AvgIpc) is 2.46. The van der Waals surface area contributed by atoms with E-state index in [0.29, 0.717) is 12.5 Å². The monoisotopic (exact) mass is 350 g/mol. The van der Waals surface area contributed by atoms with Crippen molar-refractivity contribution in [2.45, 2.75) is 64.6 Å². The lowest BCUT2D eigenvalue weighted by Crippen LogP contribution is -2.62. The van der Waals surface area contributed by atoms with Crippen molar-refractivity contribution in [3.63, 3.8) is 0 Å². The van der Waals surface area contributed by atoms with E-state index in [4.69, 9.17) is 4.74 Å². The van der Waals surface area contributed by atoms with E-state index in [2.05, 4.69) is 31.4 Å². The summed E-state index contributed by atoms with van der Waals surface area (Å²) >= 11 is 1.93. The summed E-state index contributed by atoms with van der Waals surface area (Å²) < 4.78 is 5.93. The van der Waals surface area contributed by atoms with Gasteiger partial charge < -0.3 is 15.4 Å². The SMILES string of the molecule is CCCCOC1CC(NC(=O)CC2CSCCN2)C1(C)C.Cl. The predicted octanol–water partition coefficient (Wildman–Crippen LogP) is 2.60. The van der Waals surface area contributed by atoms with Gasteiger partial charge in [0.2, 0.25) is 5.91 Å². The van der Waals surface area contributed by atoms with Gasteiger partial charge in [0.25, 0.3) is 0 Å². The van der Waals surface area contributed by atoms with Gasteiger partial charge in [0.15, 0.2) is 0 Å². The Morgan fingerprint density at radius 1 is 1.45 bits per heavy atom. The molecule has 1 saturated heterocycles. The van der Waals surface area contributed by atoms with Crippen molar-refractivity contribution in [2.75, 3.05) is 24.7 Å². The fraction of sp³-hybridized carbons (Fsp3) is 0.938. The van der Waals surface area contributed by atoms with Crippen molar-refractivity contribution >= 4 is 30.1 Å². The highest BCUT2D eigenvalue weighted by atomic mass is 35.5. The molecule has 0 radical (unpaired) electrons. The zero-order chi connectivity index (χ0) is 15.3. The summed E-state index contributed by atoms with van der Waals surface area (Å²) in [5.41, 5.74) is 0.0537. The first kappa shape index (κ1) is 20.1. The molecule has 0 spiro atoms. The van der Waals surface area contributed by atoms with Gasteiger partial charge in [-0.25, -0.2) is 0 Å². The maximum absolute atomic E-state index is 12.2. The molecule has 22 heavy (non-hydrogen) atoms. The molecule has 1 saturated carbocycles. The van der Waals surface area contributed by atoms with Gasteiger partial charge in [0, 0.05) is 48.6 Å². The first-order chi connectivity index (χ1) is 10.0. The number of carbonyl (C=O) groups is 1. The molecule has 3 atom stereocenters. The molecule has 4 nitrogen and oxygen atoms in total. The van der Waals surface area contributed by atoms with E-state index >= 15 is 0 Å². The second-order valence-corrected chi connectivity index (χ2v) is 7.97. The highest BCUT2D eigenvalue weighted by molar-refractivity contribution is 7.99. The fourth-order valence-electron chi connectivity index (χ4n) is 3.01. The van der Waals surface area contributed by atoms with Crippen LogP contribution in [0.5, 0.6) is 0 Å². The standard InChI is InChI=1S/C16H30N2O2S.ClH/c1-4-5-7-20-14-10-13(16(14,2)3)18-15(19)9-12-11-21-8-6-17-12;/h12-14,17H,4-11H2,1-3H3,(H,18,19);1H. The number of amides is 1. The molecule has 2 fully saturated rings. The minimum atomic E-state index is 0. The summed E-state index contributed by atoms with van der Waals surface area (Å²) in [6, 6.07) is 0.594. The molecular weight excluding hydrogens is 320 g/mol. The molecule has 2 N–H and O–H groups in total. The zero-order valence-electron chi connectivity index (χ0n) is 14.0. The van der Waals surface area contributed by atoms with Crippen molar-refractivity contribution in [3.8, 4) is 0 Å². The normalized spacial score (nSPS) is 30.0. The summed E-state index contributed by atoms with van der Waals surface area (Å²) in [4.78, 5) is 12.2. The van der Waals surface area contributed by atoms with Crippen LogP contribution in [-0.2, 0) is 9.53 Å². The lowest BCUT2D eigenvalue weighted by atomic mass is 9.64. The van der Waals surface area contributed by atoms with E-state index in [9.17, 15) is 4.79 Å². The van der Waals surface area contributed by atoms with Crippen molar-refractivity contribution in [3.05, 3.63) is 0 Å². The van der Waals surface area contributed by atoms with Crippen molar-refractivity contribution < 1.29 is 9.53 Å². The maximum atomic E-state index is 12.2. The van der Waals surface area contributed by atoms with E-state index in [0.717, 1.165) is 37.5 Å². The Morgan fingerprint density at radius 3 is 2.82 bits per heavy atom. The number of thioether (sulfide) groups is 1. The minimum Gasteiger partial charge on any atom is -0.378 e. The molecular formula is C16H31ClN2O2S. The lowest BCUT2D eigenvalue weighted by Gasteiger charge is -2.51. The lowest BCUT2D eigenvalue weighted by molar-refractivity contribution is -0.138. The van der Waals surface area contributed by atoms with Gasteiger partial charge >= 0.3 is 0 Å². The third-order valence-electron chi connectivity index (χ3n) is 4.76. The van der Waals surface area contributed by atoms with E-state index in [1.807, 2.05) is 11.8 Å². The highest BCUT2D eigenvalue weighted by Crippen LogP contribution is 2.42. The Labute approximate surface area is 145 Å². The summed E-state index contributed by atoms with van der Waals surface area (Å²) in [6.45, 7) is 8.44. The van der Waals surface area contributed by atoms with Crippen molar-refractivity contribution in [2.24, 2.45) is 5.41 Å². The summed E-state index contributed by atoms with van der Waals surface area (Å²) in [7, 11) is 0. The molecule has 1 aliphatic carbocycles. The largest absolute Gasteiger partial charge is 0.378 e. The van der Waals surface area contributed by atoms with Gasteiger partial charge in [-0.3, -0.25) is 4.79 Å². The maximum Gasteiger partial charge on any atom is 0.221 e. The average molecular weight is 351 g/mol. The Morgan fingerprint density at radius 2 is 2.23 bits per heavy atom. The number of halogens is 1. The van der Waals surface area contributed by atoms with Crippen LogP contribution in [0.1, 0.15) is 46.5 Å². The number of carbonyl (C=O) groups excluding carboxylic acids is 1. The van der Waals surface area contributed by atoms with Gasteiger partial charge in [0.05, 0.1) is 6.10 Å². The molecule has 6 heteroatoms. The summed E-state index contributed by atoms with van der Waals surface area (Å²) in [6.07, 6.45) is 4.13. The number of unbranched alkanes of at least 4 members (excludes halogenated alkanes) is 1. The van der Waals surface area contributed by atoms with E-state index in [1.54, 1.807) is 0 Å². The molecule has 0 bridgehead atoms. The second-order valence-electron chi connectivity index (χ2n) is 6.82. The molecule has 1 heterocycles. The number of hydrogen-bond acceptors (Lipinski definition) is 4. The fourth-order valence-corrected chi connectivity index (χ4v) is 3.96. The number of ether oxygens (including phenoxy) is 1. The van der Waals surface area contributed by atoms with Crippen LogP contribution < -0.4 is 10.6 Å². The van der Waals surface area contributed by atoms with Crippen LogP contribution in [0.15, 0.2) is 0 Å². The molecule has 1 aliphatic heterocycles.